The Labute approximate surface area is 131 Å². The summed E-state index contributed by atoms with van der Waals surface area (Å²) in [6, 6.07) is 0.835. The van der Waals surface area contributed by atoms with Gasteiger partial charge in [0.1, 0.15) is 0 Å². The Bertz CT molecular complexity index is 422. The Balaban J connectivity index is 1.59. The molecule has 1 N–H and O–H groups in total. The van der Waals surface area contributed by atoms with Crippen LogP contribution in [0.15, 0.2) is 11.3 Å². The van der Waals surface area contributed by atoms with Crippen molar-refractivity contribution in [1.82, 2.24) is 5.32 Å². The lowest BCUT2D eigenvalue weighted by atomic mass is 9.69. The molecular formula is C20H33N. The second-order valence-corrected chi connectivity index (χ2v) is 8.41. The molecule has 0 aromatic rings. The van der Waals surface area contributed by atoms with Crippen molar-refractivity contribution in [3.8, 4) is 0 Å². The second kappa shape index (κ2) is 5.63. The normalized spacial score (nSPS) is 45.6. The minimum atomic E-state index is 0.835. The fraction of sp³-hybridized carbons (Fsp3) is 0.900. The van der Waals surface area contributed by atoms with Gasteiger partial charge in [-0.1, -0.05) is 45.1 Å². The van der Waals surface area contributed by atoms with Crippen molar-refractivity contribution in [3.63, 3.8) is 0 Å². The van der Waals surface area contributed by atoms with E-state index in [2.05, 4.69) is 19.2 Å². The van der Waals surface area contributed by atoms with Gasteiger partial charge in [-0.3, -0.25) is 0 Å². The summed E-state index contributed by atoms with van der Waals surface area (Å²) in [5.41, 5.74) is 3.51. The Morgan fingerprint density at radius 2 is 1.90 bits per heavy atom. The molecule has 0 radical (unpaired) electrons. The maximum Gasteiger partial charge on any atom is 0.0323 e. The summed E-state index contributed by atoms with van der Waals surface area (Å²) in [4.78, 5) is 0. The second-order valence-electron chi connectivity index (χ2n) is 8.41. The van der Waals surface area contributed by atoms with E-state index in [-0.39, 0.29) is 0 Å². The lowest BCUT2D eigenvalue weighted by Gasteiger charge is -2.40. The molecule has 0 saturated heterocycles. The zero-order chi connectivity index (χ0) is 14.4. The Morgan fingerprint density at radius 1 is 1.05 bits per heavy atom. The predicted molar refractivity (Wildman–Crippen MR) is 88.9 cm³/mol. The monoisotopic (exact) mass is 287 g/mol. The van der Waals surface area contributed by atoms with Gasteiger partial charge in [0, 0.05) is 11.7 Å². The smallest absolute Gasteiger partial charge is 0.0323 e. The molecule has 118 valence electrons. The number of hydrogen-bond acceptors (Lipinski definition) is 1. The van der Waals surface area contributed by atoms with Gasteiger partial charge in [-0.05, 0) is 68.1 Å². The maximum atomic E-state index is 4.09. The van der Waals surface area contributed by atoms with Gasteiger partial charge in [-0.25, -0.2) is 0 Å². The standard InChI is InChI=1S/C20H33N/c1-3-7-14-9-6-10-16-19(14)13(2)17-12-15-8-4-5-11-18(15)21-20(16)17/h13-14,16-17,19-21H,3-12H2,1-2H3/t13?,14-,16+,17?,19?,20?/m0/s1. The van der Waals surface area contributed by atoms with E-state index in [0.29, 0.717) is 0 Å². The fourth-order valence-corrected chi connectivity index (χ4v) is 6.61. The fourth-order valence-electron chi connectivity index (χ4n) is 6.61. The Morgan fingerprint density at radius 3 is 2.76 bits per heavy atom. The maximum absolute atomic E-state index is 4.09. The molecule has 4 unspecified atom stereocenters. The van der Waals surface area contributed by atoms with Crippen molar-refractivity contribution in [3.05, 3.63) is 11.3 Å². The van der Waals surface area contributed by atoms with E-state index in [0.717, 1.165) is 35.6 Å². The Hall–Kier alpha value is -0.460. The molecule has 1 nitrogen and oxygen atoms in total. The van der Waals surface area contributed by atoms with Crippen LogP contribution in [0.5, 0.6) is 0 Å². The third-order valence-electron chi connectivity index (χ3n) is 7.42. The summed E-state index contributed by atoms with van der Waals surface area (Å²) in [5, 5.41) is 4.09. The number of nitrogens with one attached hydrogen (secondary N) is 1. The van der Waals surface area contributed by atoms with Gasteiger partial charge in [0.2, 0.25) is 0 Å². The zero-order valence-electron chi connectivity index (χ0n) is 14.0. The van der Waals surface area contributed by atoms with Crippen LogP contribution in [0.1, 0.15) is 78.1 Å². The predicted octanol–water partition coefficient (Wildman–Crippen LogP) is 5.27. The van der Waals surface area contributed by atoms with Crippen molar-refractivity contribution >= 4 is 0 Å². The van der Waals surface area contributed by atoms with Crippen molar-refractivity contribution < 1.29 is 0 Å². The summed E-state index contributed by atoms with van der Waals surface area (Å²) in [7, 11) is 0. The molecule has 6 atom stereocenters. The van der Waals surface area contributed by atoms with Crippen molar-refractivity contribution in [2.45, 2.75) is 84.1 Å². The summed E-state index contributed by atoms with van der Waals surface area (Å²) in [5.74, 6) is 4.97. The molecule has 1 heterocycles. The highest BCUT2D eigenvalue weighted by Gasteiger charge is 2.53. The summed E-state index contributed by atoms with van der Waals surface area (Å²) >= 11 is 0. The largest absolute Gasteiger partial charge is 0.385 e. The molecule has 2 saturated carbocycles. The SMILES string of the molecule is CCC[C@H]1CCC[C@H]2C3NC4=C(CCCC4)CC3C(C)C12. The first-order chi connectivity index (χ1) is 10.3. The van der Waals surface area contributed by atoms with Gasteiger partial charge in [0.05, 0.1) is 0 Å². The van der Waals surface area contributed by atoms with Crippen LogP contribution >= 0.6 is 0 Å². The highest BCUT2D eigenvalue weighted by atomic mass is 15.0. The summed E-state index contributed by atoms with van der Waals surface area (Å²) in [6.07, 6.45) is 14.4. The molecule has 0 aromatic heterocycles. The summed E-state index contributed by atoms with van der Waals surface area (Å²) < 4.78 is 0. The van der Waals surface area contributed by atoms with Crippen molar-refractivity contribution in [2.24, 2.45) is 29.6 Å². The van der Waals surface area contributed by atoms with Gasteiger partial charge in [0.25, 0.3) is 0 Å². The van der Waals surface area contributed by atoms with E-state index in [9.17, 15) is 0 Å². The molecule has 0 spiro atoms. The highest BCUT2D eigenvalue weighted by molar-refractivity contribution is 5.24. The van der Waals surface area contributed by atoms with E-state index >= 15 is 0 Å². The lowest BCUT2D eigenvalue weighted by Crippen LogP contribution is -2.43. The van der Waals surface area contributed by atoms with Crippen LogP contribution < -0.4 is 5.32 Å². The van der Waals surface area contributed by atoms with Crippen LogP contribution in [0, 0.1) is 29.6 Å². The first kappa shape index (κ1) is 14.2. The molecule has 21 heavy (non-hydrogen) atoms. The van der Waals surface area contributed by atoms with Gasteiger partial charge >= 0.3 is 0 Å². The molecule has 2 fully saturated rings. The van der Waals surface area contributed by atoms with Crippen LogP contribution in [0.25, 0.3) is 0 Å². The van der Waals surface area contributed by atoms with Gasteiger partial charge < -0.3 is 5.32 Å². The van der Waals surface area contributed by atoms with Gasteiger partial charge in [0.15, 0.2) is 0 Å². The minimum absolute atomic E-state index is 0.835. The van der Waals surface area contributed by atoms with E-state index in [1.165, 1.54) is 64.2 Å². The van der Waals surface area contributed by atoms with Crippen molar-refractivity contribution in [2.75, 3.05) is 0 Å². The number of allylic oxidation sites excluding steroid dienone is 2. The number of hydrogen-bond donors (Lipinski definition) is 1. The number of rotatable bonds is 2. The van der Waals surface area contributed by atoms with Gasteiger partial charge in [-0.2, -0.15) is 0 Å². The summed E-state index contributed by atoms with van der Waals surface area (Å²) in [6.45, 7) is 4.99. The lowest BCUT2D eigenvalue weighted by molar-refractivity contribution is 0.129. The van der Waals surface area contributed by atoms with Gasteiger partial charge in [-0.15, -0.1) is 0 Å². The molecule has 3 aliphatic carbocycles. The molecule has 1 heteroatoms. The third-order valence-corrected chi connectivity index (χ3v) is 7.42. The van der Waals surface area contributed by atoms with Crippen molar-refractivity contribution in [1.29, 1.82) is 0 Å². The highest BCUT2D eigenvalue weighted by Crippen LogP contribution is 2.56. The van der Waals surface area contributed by atoms with E-state index in [1.54, 1.807) is 5.70 Å². The molecule has 0 aromatic carbocycles. The van der Waals surface area contributed by atoms with Crippen LogP contribution in [0.3, 0.4) is 0 Å². The first-order valence-electron chi connectivity index (χ1n) is 9.77. The molecule has 4 rings (SSSR count). The first-order valence-corrected chi connectivity index (χ1v) is 9.77. The Kier molecular flexibility index (Phi) is 3.79. The van der Waals surface area contributed by atoms with E-state index in [4.69, 9.17) is 0 Å². The van der Waals surface area contributed by atoms with Crippen LogP contribution in [-0.2, 0) is 0 Å². The number of fused-ring (bicyclic) bond motifs is 3. The average Bonchev–Trinajstić information content (AvgIpc) is 2.79. The zero-order valence-corrected chi connectivity index (χ0v) is 14.0. The molecule has 4 aliphatic rings. The van der Waals surface area contributed by atoms with E-state index in [1.807, 2.05) is 5.57 Å². The third kappa shape index (κ3) is 2.26. The average molecular weight is 287 g/mol. The minimum Gasteiger partial charge on any atom is -0.385 e. The molecule has 1 aliphatic heterocycles. The topological polar surface area (TPSA) is 12.0 Å². The molecule has 0 amide bonds. The van der Waals surface area contributed by atoms with Crippen LogP contribution in [0.2, 0.25) is 0 Å². The molecular weight excluding hydrogens is 254 g/mol. The quantitative estimate of drug-likeness (QED) is 0.729. The van der Waals surface area contributed by atoms with E-state index < -0.39 is 0 Å². The van der Waals surface area contributed by atoms with Crippen LogP contribution in [0.4, 0.5) is 0 Å². The molecule has 0 bridgehead atoms. The van der Waals surface area contributed by atoms with Crippen LogP contribution in [-0.4, -0.2) is 6.04 Å².